The monoisotopic (exact) mass is 161 g/mol. The lowest BCUT2D eigenvalue weighted by Crippen LogP contribution is -2.14. The van der Waals surface area contributed by atoms with Crippen molar-refractivity contribution in [2.45, 2.75) is 12.8 Å². The number of halogens is 1. The van der Waals surface area contributed by atoms with Crippen molar-refractivity contribution < 1.29 is 4.79 Å². The van der Waals surface area contributed by atoms with Crippen molar-refractivity contribution in [2.75, 3.05) is 20.1 Å². The van der Waals surface area contributed by atoms with Crippen molar-refractivity contribution in [1.82, 2.24) is 4.90 Å². The maximum atomic E-state index is 10.5. The van der Waals surface area contributed by atoms with Gasteiger partial charge in [-0.2, -0.15) is 0 Å². The third-order valence-corrected chi connectivity index (χ3v) is 2.09. The fourth-order valence-electron chi connectivity index (χ4n) is 1.42. The van der Waals surface area contributed by atoms with E-state index in [1.165, 1.54) is 0 Å². The van der Waals surface area contributed by atoms with Crippen LogP contribution in [0.4, 0.5) is 0 Å². The van der Waals surface area contributed by atoms with Gasteiger partial charge in [0.15, 0.2) is 0 Å². The van der Waals surface area contributed by atoms with E-state index < -0.39 is 0 Å². The van der Waals surface area contributed by atoms with Crippen LogP contribution in [0.3, 0.4) is 0 Å². The second-order valence-corrected chi connectivity index (χ2v) is 3.40. The number of carbonyl (C=O) groups is 1. The first kappa shape index (κ1) is 8.02. The smallest absolute Gasteiger partial charge is 0.221 e. The standard InChI is InChI=1S/C7H12ClNO/c1-9-3-2-6(5-9)4-7(8)10/h6H,2-5H2,1H3. The van der Waals surface area contributed by atoms with E-state index in [0.29, 0.717) is 12.3 Å². The lowest BCUT2D eigenvalue weighted by atomic mass is 10.1. The second kappa shape index (κ2) is 3.35. The average Bonchev–Trinajstić information content (AvgIpc) is 2.13. The molecule has 2 nitrogen and oxygen atoms in total. The Kier molecular flexibility index (Phi) is 2.69. The molecule has 1 heterocycles. The first-order chi connectivity index (χ1) is 4.68. The van der Waals surface area contributed by atoms with Crippen LogP contribution in [0.25, 0.3) is 0 Å². The minimum Gasteiger partial charge on any atom is -0.306 e. The van der Waals surface area contributed by atoms with Crippen molar-refractivity contribution >= 4 is 16.8 Å². The quantitative estimate of drug-likeness (QED) is 0.566. The van der Waals surface area contributed by atoms with Gasteiger partial charge in [-0.3, -0.25) is 4.79 Å². The van der Waals surface area contributed by atoms with E-state index in [0.717, 1.165) is 19.5 Å². The highest BCUT2D eigenvalue weighted by Crippen LogP contribution is 2.18. The fraction of sp³-hybridized carbons (Fsp3) is 0.857. The molecule has 0 amide bonds. The average molecular weight is 162 g/mol. The molecule has 0 aromatic carbocycles. The molecule has 3 heteroatoms. The molecule has 1 rings (SSSR count). The summed E-state index contributed by atoms with van der Waals surface area (Å²) in [5.41, 5.74) is 0. The molecule has 1 aliphatic rings. The van der Waals surface area contributed by atoms with Gasteiger partial charge in [0.1, 0.15) is 0 Å². The van der Waals surface area contributed by atoms with Crippen LogP contribution in [-0.4, -0.2) is 30.3 Å². The molecule has 1 aliphatic heterocycles. The van der Waals surface area contributed by atoms with Crippen LogP contribution < -0.4 is 0 Å². The van der Waals surface area contributed by atoms with Gasteiger partial charge in [-0.05, 0) is 37.5 Å². The highest BCUT2D eigenvalue weighted by molar-refractivity contribution is 6.63. The van der Waals surface area contributed by atoms with E-state index in [-0.39, 0.29) is 5.24 Å². The number of likely N-dealkylation sites (tertiary alicyclic amines) is 1. The first-order valence-electron chi connectivity index (χ1n) is 3.55. The van der Waals surface area contributed by atoms with Crippen molar-refractivity contribution in [2.24, 2.45) is 5.92 Å². The number of hydrogen-bond donors (Lipinski definition) is 0. The minimum absolute atomic E-state index is 0.194. The molecule has 0 spiro atoms. The SMILES string of the molecule is CN1CCC(CC(=O)Cl)C1. The molecule has 0 aliphatic carbocycles. The van der Waals surface area contributed by atoms with E-state index in [2.05, 4.69) is 11.9 Å². The summed E-state index contributed by atoms with van der Waals surface area (Å²) in [5, 5.41) is -0.194. The van der Waals surface area contributed by atoms with Crippen molar-refractivity contribution in [3.05, 3.63) is 0 Å². The number of hydrogen-bond acceptors (Lipinski definition) is 2. The Bertz CT molecular complexity index is 138. The van der Waals surface area contributed by atoms with E-state index in [1.807, 2.05) is 0 Å². The molecule has 0 saturated carbocycles. The van der Waals surface area contributed by atoms with Gasteiger partial charge in [-0.1, -0.05) is 0 Å². The predicted molar refractivity (Wildman–Crippen MR) is 41.1 cm³/mol. The molecule has 0 aromatic heterocycles. The maximum absolute atomic E-state index is 10.5. The highest BCUT2D eigenvalue weighted by atomic mass is 35.5. The lowest BCUT2D eigenvalue weighted by Gasteiger charge is -2.06. The molecule has 0 N–H and O–H groups in total. The molecule has 1 saturated heterocycles. The van der Waals surface area contributed by atoms with Gasteiger partial charge in [0.25, 0.3) is 0 Å². The van der Waals surface area contributed by atoms with E-state index in [9.17, 15) is 4.79 Å². The Morgan fingerprint density at radius 1 is 1.80 bits per heavy atom. The van der Waals surface area contributed by atoms with Gasteiger partial charge in [-0.15, -0.1) is 0 Å². The van der Waals surface area contributed by atoms with Gasteiger partial charge < -0.3 is 4.90 Å². The van der Waals surface area contributed by atoms with Gasteiger partial charge >= 0.3 is 0 Å². The molecule has 0 radical (unpaired) electrons. The van der Waals surface area contributed by atoms with Crippen LogP contribution in [0.2, 0.25) is 0 Å². The lowest BCUT2D eigenvalue weighted by molar-refractivity contribution is -0.112. The van der Waals surface area contributed by atoms with Gasteiger partial charge in [0.2, 0.25) is 5.24 Å². The van der Waals surface area contributed by atoms with E-state index >= 15 is 0 Å². The van der Waals surface area contributed by atoms with Crippen molar-refractivity contribution in [3.63, 3.8) is 0 Å². The summed E-state index contributed by atoms with van der Waals surface area (Å²) >= 11 is 5.25. The molecular formula is C7H12ClNO. The number of rotatable bonds is 2. The third-order valence-electron chi connectivity index (χ3n) is 1.94. The summed E-state index contributed by atoms with van der Waals surface area (Å²) in [6.07, 6.45) is 1.67. The van der Waals surface area contributed by atoms with Crippen LogP contribution in [0.1, 0.15) is 12.8 Å². The Balaban J connectivity index is 2.24. The molecule has 1 unspecified atom stereocenters. The Morgan fingerprint density at radius 3 is 2.90 bits per heavy atom. The number of carbonyl (C=O) groups excluding carboxylic acids is 1. The highest BCUT2D eigenvalue weighted by Gasteiger charge is 2.20. The molecule has 58 valence electrons. The summed E-state index contributed by atoms with van der Waals surface area (Å²) in [7, 11) is 2.07. The van der Waals surface area contributed by atoms with Crippen LogP contribution in [-0.2, 0) is 4.79 Å². The van der Waals surface area contributed by atoms with Crippen molar-refractivity contribution in [1.29, 1.82) is 0 Å². The third kappa shape index (κ3) is 2.27. The zero-order chi connectivity index (χ0) is 7.56. The molecule has 1 atom stereocenters. The van der Waals surface area contributed by atoms with Crippen LogP contribution in [0.15, 0.2) is 0 Å². The molecule has 1 fully saturated rings. The van der Waals surface area contributed by atoms with E-state index in [1.54, 1.807) is 0 Å². The molecular weight excluding hydrogens is 150 g/mol. The summed E-state index contributed by atoms with van der Waals surface area (Å²) < 4.78 is 0. The minimum atomic E-state index is -0.194. The fourth-order valence-corrected chi connectivity index (χ4v) is 1.64. The van der Waals surface area contributed by atoms with E-state index in [4.69, 9.17) is 11.6 Å². The largest absolute Gasteiger partial charge is 0.306 e. The first-order valence-corrected chi connectivity index (χ1v) is 3.93. The summed E-state index contributed by atoms with van der Waals surface area (Å²) in [4.78, 5) is 12.7. The Labute approximate surface area is 66.1 Å². The molecule has 0 aromatic rings. The second-order valence-electron chi connectivity index (χ2n) is 2.98. The van der Waals surface area contributed by atoms with Gasteiger partial charge in [0, 0.05) is 13.0 Å². The Morgan fingerprint density at radius 2 is 2.50 bits per heavy atom. The van der Waals surface area contributed by atoms with Gasteiger partial charge in [-0.25, -0.2) is 0 Å². The Hall–Kier alpha value is -0.0800. The summed E-state index contributed by atoms with van der Waals surface area (Å²) in [5.74, 6) is 0.509. The van der Waals surface area contributed by atoms with Gasteiger partial charge in [0.05, 0.1) is 0 Å². The zero-order valence-electron chi connectivity index (χ0n) is 6.14. The molecule has 0 bridgehead atoms. The van der Waals surface area contributed by atoms with Crippen LogP contribution in [0.5, 0.6) is 0 Å². The number of nitrogens with zero attached hydrogens (tertiary/aromatic N) is 1. The van der Waals surface area contributed by atoms with Crippen molar-refractivity contribution in [3.8, 4) is 0 Å². The summed E-state index contributed by atoms with van der Waals surface area (Å²) in [6, 6.07) is 0. The summed E-state index contributed by atoms with van der Waals surface area (Å²) in [6.45, 7) is 2.13. The topological polar surface area (TPSA) is 20.3 Å². The zero-order valence-corrected chi connectivity index (χ0v) is 6.90. The van der Waals surface area contributed by atoms with Crippen LogP contribution >= 0.6 is 11.6 Å². The molecule has 10 heavy (non-hydrogen) atoms. The normalized spacial score (nSPS) is 27.2. The predicted octanol–water partition coefficient (Wildman–Crippen LogP) is 1.09. The maximum Gasteiger partial charge on any atom is 0.221 e. The van der Waals surface area contributed by atoms with Crippen LogP contribution in [0, 0.1) is 5.92 Å².